The lowest BCUT2D eigenvalue weighted by atomic mass is 9.95. The van der Waals surface area contributed by atoms with E-state index in [-0.39, 0.29) is 12.2 Å². The predicted molar refractivity (Wildman–Crippen MR) is 90.0 cm³/mol. The Morgan fingerprint density at radius 3 is 1.67 bits per heavy atom. The third kappa shape index (κ3) is 9.63. The number of carbonyl (C=O) groups is 2. The van der Waals surface area contributed by atoms with Gasteiger partial charge < -0.3 is 18.9 Å². The van der Waals surface area contributed by atoms with Crippen LogP contribution in [0.15, 0.2) is 0 Å². The Hall–Kier alpha value is -1.46. The van der Waals surface area contributed by atoms with Gasteiger partial charge in [0, 0.05) is 6.42 Å². The van der Waals surface area contributed by atoms with Gasteiger partial charge in [-0.15, -0.1) is 0 Å². The normalized spacial score (nSPS) is 20.2. The standard InChI is InChI=1S/C18H32O6/c1-3-5-7-12-21-17(19)23-15-10-9-11-16(14-15)24-18(20)22-13-8-6-4-2/h15-16H,3-14H2,1-2H3. The molecule has 0 amide bonds. The van der Waals surface area contributed by atoms with E-state index in [1.807, 2.05) is 0 Å². The highest BCUT2D eigenvalue weighted by molar-refractivity contribution is 5.60. The zero-order valence-electron chi connectivity index (χ0n) is 15.1. The summed E-state index contributed by atoms with van der Waals surface area (Å²) in [5.74, 6) is 0. The van der Waals surface area contributed by atoms with Gasteiger partial charge in [0.1, 0.15) is 12.2 Å². The molecule has 1 fully saturated rings. The van der Waals surface area contributed by atoms with Gasteiger partial charge in [0.2, 0.25) is 0 Å². The molecule has 0 aromatic carbocycles. The molecule has 0 aromatic heterocycles. The summed E-state index contributed by atoms with van der Waals surface area (Å²) in [5.41, 5.74) is 0. The summed E-state index contributed by atoms with van der Waals surface area (Å²) in [6, 6.07) is 0. The number of hydrogen-bond acceptors (Lipinski definition) is 6. The fraction of sp³-hybridized carbons (Fsp3) is 0.889. The van der Waals surface area contributed by atoms with E-state index in [9.17, 15) is 9.59 Å². The first-order valence-electron chi connectivity index (χ1n) is 9.32. The summed E-state index contributed by atoms with van der Waals surface area (Å²) in [6.07, 6.45) is 7.07. The van der Waals surface area contributed by atoms with Gasteiger partial charge in [-0.05, 0) is 32.1 Å². The maximum atomic E-state index is 11.6. The van der Waals surface area contributed by atoms with Crippen LogP contribution in [0, 0.1) is 0 Å². The molecule has 24 heavy (non-hydrogen) atoms. The minimum absolute atomic E-state index is 0.254. The van der Waals surface area contributed by atoms with Crippen molar-refractivity contribution in [3.05, 3.63) is 0 Å². The van der Waals surface area contributed by atoms with Crippen molar-refractivity contribution in [3.63, 3.8) is 0 Å². The van der Waals surface area contributed by atoms with Crippen molar-refractivity contribution in [3.8, 4) is 0 Å². The van der Waals surface area contributed by atoms with E-state index in [2.05, 4.69) is 13.8 Å². The van der Waals surface area contributed by atoms with Crippen LogP contribution in [0.1, 0.15) is 78.1 Å². The van der Waals surface area contributed by atoms with E-state index in [0.717, 1.165) is 57.8 Å². The maximum Gasteiger partial charge on any atom is 0.508 e. The number of rotatable bonds is 10. The van der Waals surface area contributed by atoms with Crippen molar-refractivity contribution in [2.45, 2.75) is 90.3 Å². The largest absolute Gasteiger partial charge is 0.508 e. The lowest BCUT2D eigenvalue weighted by Crippen LogP contribution is -2.32. The number of hydrogen-bond donors (Lipinski definition) is 0. The van der Waals surface area contributed by atoms with Gasteiger partial charge in [-0.3, -0.25) is 0 Å². The van der Waals surface area contributed by atoms with Gasteiger partial charge in [0.25, 0.3) is 0 Å². The van der Waals surface area contributed by atoms with Crippen molar-refractivity contribution in [2.75, 3.05) is 13.2 Å². The number of carbonyl (C=O) groups excluding carboxylic acids is 2. The van der Waals surface area contributed by atoms with Crippen LogP contribution in [-0.2, 0) is 18.9 Å². The van der Waals surface area contributed by atoms with E-state index in [4.69, 9.17) is 18.9 Å². The zero-order valence-corrected chi connectivity index (χ0v) is 15.1. The maximum absolute atomic E-state index is 11.6. The fourth-order valence-electron chi connectivity index (χ4n) is 2.67. The Balaban J connectivity index is 2.18. The Kier molecular flexibility index (Phi) is 11.1. The van der Waals surface area contributed by atoms with Crippen LogP contribution >= 0.6 is 0 Å². The quantitative estimate of drug-likeness (QED) is 0.411. The molecule has 1 saturated carbocycles. The molecule has 0 N–H and O–H groups in total. The molecule has 0 aliphatic heterocycles. The molecule has 2 unspecified atom stereocenters. The topological polar surface area (TPSA) is 71.1 Å². The molecule has 0 aromatic rings. The second-order valence-electron chi connectivity index (χ2n) is 6.26. The molecule has 1 aliphatic rings. The SMILES string of the molecule is CCCCCOC(=O)OC1CCCC(OC(=O)OCCCCC)C1. The van der Waals surface area contributed by atoms with Gasteiger partial charge in [0.15, 0.2) is 0 Å². The highest BCUT2D eigenvalue weighted by atomic mass is 16.7. The summed E-state index contributed by atoms with van der Waals surface area (Å²) < 4.78 is 20.7. The molecule has 1 aliphatic carbocycles. The minimum atomic E-state index is -0.626. The second kappa shape index (κ2) is 12.9. The van der Waals surface area contributed by atoms with Crippen LogP contribution < -0.4 is 0 Å². The van der Waals surface area contributed by atoms with Crippen molar-refractivity contribution >= 4 is 12.3 Å². The van der Waals surface area contributed by atoms with Crippen LogP contribution in [0.2, 0.25) is 0 Å². The van der Waals surface area contributed by atoms with Crippen LogP contribution in [0.5, 0.6) is 0 Å². The average molecular weight is 344 g/mol. The Morgan fingerprint density at radius 2 is 1.25 bits per heavy atom. The molecule has 1 rings (SSSR count). The van der Waals surface area contributed by atoms with Crippen LogP contribution in [0.3, 0.4) is 0 Å². The van der Waals surface area contributed by atoms with Crippen molar-refractivity contribution < 1.29 is 28.5 Å². The third-order valence-electron chi connectivity index (χ3n) is 4.04. The molecule has 2 atom stereocenters. The smallest absolute Gasteiger partial charge is 0.434 e. The molecule has 0 radical (unpaired) electrons. The van der Waals surface area contributed by atoms with Gasteiger partial charge in [0.05, 0.1) is 13.2 Å². The zero-order chi connectivity index (χ0) is 17.6. The van der Waals surface area contributed by atoms with Gasteiger partial charge >= 0.3 is 12.3 Å². The summed E-state index contributed by atoms with van der Waals surface area (Å²) in [7, 11) is 0. The molecule has 0 bridgehead atoms. The lowest BCUT2D eigenvalue weighted by Gasteiger charge is -2.28. The van der Waals surface area contributed by atoms with E-state index >= 15 is 0 Å². The molecule has 140 valence electrons. The van der Waals surface area contributed by atoms with Gasteiger partial charge in [-0.25, -0.2) is 9.59 Å². The van der Waals surface area contributed by atoms with E-state index in [1.54, 1.807) is 0 Å². The number of unbranched alkanes of at least 4 members (excludes halogenated alkanes) is 4. The highest BCUT2D eigenvalue weighted by Crippen LogP contribution is 2.24. The molecule has 0 saturated heterocycles. The number of ether oxygens (including phenoxy) is 4. The Morgan fingerprint density at radius 1 is 0.792 bits per heavy atom. The Labute approximate surface area is 145 Å². The molecular formula is C18H32O6. The second-order valence-corrected chi connectivity index (χ2v) is 6.26. The minimum Gasteiger partial charge on any atom is -0.434 e. The highest BCUT2D eigenvalue weighted by Gasteiger charge is 2.28. The van der Waals surface area contributed by atoms with Crippen LogP contribution in [0.4, 0.5) is 9.59 Å². The molecule has 0 heterocycles. The van der Waals surface area contributed by atoms with Crippen LogP contribution in [-0.4, -0.2) is 37.7 Å². The summed E-state index contributed by atoms with van der Waals surface area (Å²) in [6.45, 7) is 4.97. The predicted octanol–water partition coefficient (Wildman–Crippen LogP) is 4.98. The van der Waals surface area contributed by atoms with E-state index < -0.39 is 12.3 Å². The molecular weight excluding hydrogens is 312 g/mol. The Bertz CT molecular complexity index is 325. The summed E-state index contributed by atoms with van der Waals surface area (Å²) >= 11 is 0. The third-order valence-corrected chi connectivity index (χ3v) is 4.04. The first-order valence-corrected chi connectivity index (χ1v) is 9.32. The molecule has 6 heteroatoms. The summed E-state index contributed by atoms with van der Waals surface area (Å²) in [4.78, 5) is 23.3. The summed E-state index contributed by atoms with van der Waals surface area (Å²) in [5, 5.41) is 0. The van der Waals surface area contributed by atoms with Crippen molar-refractivity contribution in [1.82, 2.24) is 0 Å². The molecule has 0 spiro atoms. The average Bonchev–Trinajstić information content (AvgIpc) is 2.56. The van der Waals surface area contributed by atoms with E-state index in [0.29, 0.717) is 19.6 Å². The van der Waals surface area contributed by atoms with Crippen molar-refractivity contribution in [2.24, 2.45) is 0 Å². The monoisotopic (exact) mass is 344 g/mol. The molecule has 6 nitrogen and oxygen atoms in total. The first-order chi connectivity index (χ1) is 11.7. The van der Waals surface area contributed by atoms with Crippen LogP contribution in [0.25, 0.3) is 0 Å². The lowest BCUT2D eigenvalue weighted by molar-refractivity contribution is -0.0350. The van der Waals surface area contributed by atoms with Crippen molar-refractivity contribution in [1.29, 1.82) is 0 Å². The van der Waals surface area contributed by atoms with E-state index in [1.165, 1.54) is 0 Å². The van der Waals surface area contributed by atoms with Gasteiger partial charge in [-0.2, -0.15) is 0 Å². The first kappa shape index (κ1) is 20.6. The fourth-order valence-corrected chi connectivity index (χ4v) is 2.67. The van der Waals surface area contributed by atoms with Gasteiger partial charge in [-0.1, -0.05) is 39.5 Å².